The van der Waals surface area contributed by atoms with Gasteiger partial charge in [-0.05, 0) is 26.8 Å². The predicted octanol–water partition coefficient (Wildman–Crippen LogP) is 1.38. The highest BCUT2D eigenvalue weighted by Gasteiger charge is 2.24. The fraction of sp³-hybridized carbons (Fsp3) is 0.700. The van der Waals surface area contributed by atoms with Crippen molar-refractivity contribution in [3.63, 3.8) is 0 Å². The summed E-state index contributed by atoms with van der Waals surface area (Å²) in [4.78, 5) is 6.66. The highest BCUT2D eigenvalue weighted by atomic mass is 16.4. The molecule has 1 saturated heterocycles. The molecule has 1 N–H and O–H groups in total. The molecule has 1 fully saturated rings. The van der Waals surface area contributed by atoms with Crippen LogP contribution >= 0.6 is 0 Å². The second kappa shape index (κ2) is 4.00. The summed E-state index contributed by atoms with van der Waals surface area (Å²) in [6, 6.07) is 1.34. The Labute approximate surface area is 84.3 Å². The molecule has 1 aliphatic heterocycles. The molecule has 0 saturated carbocycles. The minimum absolute atomic E-state index is 0.566. The first-order valence-corrected chi connectivity index (χ1v) is 5.17. The molecular formula is C10H17N3O. The molecule has 4 heteroatoms. The molecule has 0 spiro atoms. The Hall–Kier alpha value is -1.03. The van der Waals surface area contributed by atoms with Crippen LogP contribution in [0.1, 0.15) is 25.5 Å². The van der Waals surface area contributed by atoms with Crippen LogP contribution in [-0.2, 0) is 6.54 Å². The molecular weight excluding hydrogens is 178 g/mol. The molecule has 14 heavy (non-hydrogen) atoms. The van der Waals surface area contributed by atoms with Gasteiger partial charge in [0.1, 0.15) is 6.26 Å². The Morgan fingerprint density at radius 2 is 2.57 bits per heavy atom. The van der Waals surface area contributed by atoms with Gasteiger partial charge < -0.3 is 14.6 Å². The lowest BCUT2D eigenvalue weighted by Gasteiger charge is -2.18. The van der Waals surface area contributed by atoms with Gasteiger partial charge in [-0.25, -0.2) is 0 Å². The summed E-state index contributed by atoms with van der Waals surface area (Å²) < 4.78 is 5.45. The van der Waals surface area contributed by atoms with Crippen molar-refractivity contribution in [3.8, 4) is 0 Å². The van der Waals surface area contributed by atoms with Crippen molar-refractivity contribution in [3.05, 3.63) is 12.0 Å². The third kappa shape index (κ3) is 1.75. The van der Waals surface area contributed by atoms with Gasteiger partial charge in [0.2, 0.25) is 0 Å². The Kier molecular flexibility index (Phi) is 2.72. The van der Waals surface area contributed by atoms with Crippen LogP contribution in [0.3, 0.4) is 0 Å². The van der Waals surface area contributed by atoms with Crippen LogP contribution in [0.5, 0.6) is 0 Å². The summed E-state index contributed by atoms with van der Waals surface area (Å²) in [7, 11) is 1.91. The normalized spacial score (nSPS) is 21.9. The summed E-state index contributed by atoms with van der Waals surface area (Å²) in [5.41, 5.74) is 0.974. The quantitative estimate of drug-likeness (QED) is 0.791. The van der Waals surface area contributed by atoms with Crippen LogP contribution in [0.2, 0.25) is 0 Å². The topological polar surface area (TPSA) is 41.3 Å². The summed E-state index contributed by atoms with van der Waals surface area (Å²) in [5.74, 6) is 0. The van der Waals surface area contributed by atoms with Crippen LogP contribution in [0.15, 0.2) is 10.7 Å². The van der Waals surface area contributed by atoms with E-state index < -0.39 is 0 Å². The van der Waals surface area contributed by atoms with Crippen molar-refractivity contribution >= 4 is 6.01 Å². The lowest BCUT2D eigenvalue weighted by atomic mass is 10.2. The lowest BCUT2D eigenvalue weighted by Crippen LogP contribution is -2.26. The van der Waals surface area contributed by atoms with Gasteiger partial charge in [-0.3, -0.25) is 0 Å². The van der Waals surface area contributed by atoms with Crippen molar-refractivity contribution in [2.75, 3.05) is 18.5 Å². The van der Waals surface area contributed by atoms with Gasteiger partial charge in [-0.15, -0.1) is 0 Å². The Balaban J connectivity index is 2.08. The fourth-order valence-corrected chi connectivity index (χ4v) is 1.91. The van der Waals surface area contributed by atoms with E-state index in [1.807, 2.05) is 7.05 Å². The van der Waals surface area contributed by atoms with E-state index in [4.69, 9.17) is 4.42 Å². The molecule has 0 bridgehead atoms. The number of aromatic nitrogens is 1. The third-order valence-electron chi connectivity index (χ3n) is 2.70. The maximum absolute atomic E-state index is 5.45. The molecule has 2 heterocycles. The van der Waals surface area contributed by atoms with Gasteiger partial charge in [0.15, 0.2) is 0 Å². The van der Waals surface area contributed by atoms with Gasteiger partial charge in [0, 0.05) is 19.1 Å². The molecule has 78 valence electrons. The van der Waals surface area contributed by atoms with Gasteiger partial charge in [-0.1, -0.05) is 0 Å². The zero-order chi connectivity index (χ0) is 9.97. The summed E-state index contributed by atoms with van der Waals surface area (Å²) in [5, 5.41) is 3.06. The molecule has 0 aliphatic carbocycles. The van der Waals surface area contributed by atoms with Crippen LogP contribution in [0.25, 0.3) is 0 Å². The second-order valence-electron chi connectivity index (χ2n) is 3.84. The maximum Gasteiger partial charge on any atom is 0.297 e. The van der Waals surface area contributed by atoms with Crippen LogP contribution in [-0.4, -0.2) is 24.6 Å². The molecule has 0 aromatic carbocycles. The van der Waals surface area contributed by atoms with Gasteiger partial charge in [0.05, 0.1) is 5.69 Å². The summed E-state index contributed by atoms with van der Waals surface area (Å²) in [6.07, 6.45) is 4.21. The van der Waals surface area contributed by atoms with Gasteiger partial charge >= 0.3 is 0 Å². The smallest absolute Gasteiger partial charge is 0.297 e. The number of nitrogens with one attached hydrogen (secondary N) is 1. The average Bonchev–Trinajstić information content (AvgIpc) is 2.74. The molecule has 1 aromatic rings. The molecule has 0 radical (unpaired) electrons. The molecule has 0 amide bonds. The zero-order valence-corrected chi connectivity index (χ0v) is 8.79. The van der Waals surface area contributed by atoms with Crippen molar-refractivity contribution < 1.29 is 4.42 Å². The molecule has 4 nitrogen and oxygen atoms in total. The van der Waals surface area contributed by atoms with Crippen molar-refractivity contribution in [1.82, 2.24) is 10.3 Å². The first-order valence-electron chi connectivity index (χ1n) is 5.17. The van der Waals surface area contributed by atoms with Gasteiger partial charge in [-0.2, -0.15) is 4.98 Å². The second-order valence-corrected chi connectivity index (χ2v) is 3.84. The molecule has 1 aromatic heterocycles. The first-order chi connectivity index (χ1) is 6.81. The van der Waals surface area contributed by atoms with E-state index in [0.29, 0.717) is 6.04 Å². The Morgan fingerprint density at radius 1 is 1.71 bits per heavy atom. The largest absolute Gasteiger partial charge is 0.432 e. The molecule has 2 rings (SSSR count). The van der Waals surface area contributed by atoms with Crippen LogP contribution < -0.4 is 10.2 Å². The van der Waals surface area contributed by atoms with E-state index >= 15 is 0 Å². The van der Waals surface area contributed by atoms with Crippen molar-refractivity contribution in [2.24, 2.45) is 0 Å². The van der Waals surface area contributed by atoms with E-state index in [0.717, 1.165) is 24.8 Å². The lowest BCUT2D eigenvalue weighted by molar-refractivity contribution is 0.528. The zero-order valence-electron chi connectivity index (χ0n) is 8.79. The molecule has 1 unspecified atom stereocenters. The van der Waals surface area contributed by atoms with E-state index in [1.54, 1.807) is 6.26 Å². The molecule has 1 atom stereocenters. The number of oxazole rings is 1. The van der Waals surface area contributed by atoms with E-state index in [2.05, 4.69) is 22.1 Å². The minimum Gasteiger partial charge on any atom is -0.432 e. The van der Waals surface area contributed by atoms with Crippen molar-refractivity contribution in [1.29, 1.82) is 0 Å². The van der Waals surface area contributed by atoms with E-state index in [9.17, 15) is 0 Å². The monoisotopic (exact) mass is 195 g/mol. The fourth-order valence-electron chi connectivity index (χ4n) is 1.91. The number of anilines is 1. The third-order valence-corrected chi connectivity index (χ3v) is 2.70. The Morgan fingerprint density at radius 3 is 3.21 bits per heavy atom. The number of nitrogens with zero attached hydrogens (tertiary/aromatic N) is 2. The van der Waals surface area contributed by atoms with E-state index in [-0.39, 0.29) is 0 Å². The number of rotatable bonds is 3. The standard InChI is InChI=1S/C10H17N3O/c1-8-4-3-5-13(8)10-12-9(6-11-2)7-14-10/h7-8,11H,3-6H2,1-2H3. The Bertz CT molecular complexity index is 297. The summed E-state index contributed by atoms with van der Waals surface area (Å²) in [6.45, 7) is 4.06. The van der Waals surface area contributed by atoms with E-state index in [1.165, 1.54) is 12.8 Å². The highest BCUT2D eigenvalue weighted by molar-refractivity contribution is 5.30. The summed E-state index contributed by atoms with van der Waals surface area (Å²) >= 11 is 0. The highest BCUT2D eigenvalue weighted by Crippen LogP contribution is 2.24. The maximum atomic E-state index is 5.45. The molecule has 1 aliphatic rings. The van der Waals surface area contributed by atoms with Crippen LogP contribution in [0, 0.1) is 0 Å². The first kappa shape index (κ1) is 9.52. The SMILES string of the molecule is CNCc1coc(N2CCCC2C)n1. The number of hydrogen-bond donors (Lipinski definition) is 1. The number of hydrogen-bond acceptors (Lipinski definition) is 4. The predicted molar refractivity (Wildman–Crippen MR) is 55.3 cm³/mol. The van der Waals surface area contributed by atoms with Crippen molar-refractivity contribution in [2.45, 2.75) is 32.4 Å². The van der Waals surface area contributed by atoms with Crippen LogP contribution in [0.4, 0.5) is 6.01 Å². The minimum atomic E-state index is 0.566. The average molecular weight is 195 g/mol. The van der Waals surface area contributed by atoms with Gasteiger partial charge in [0.25, 0.3) is 6.01 Å².